The predicted octanol–water partition coefficient (Wildman–Crippen LogP) is 5.03. The third-order valence-corrected chi connectivity index (χ3v) is 6.76. The molecule has 8 heteroatoms. The quantitative estimate of drug-likeness (QED) is 0.430. The first kappa shape index (κ1) is 22.7. The Morgan fingerprint density at radius 1 is 1.37 bits per heavy atom. The summed E-state index contributed by atoms with van der Waals surface area (Å²) in [5.41, 5.74) is 1.94. The van der Waals surface area contributed by atoms with E-state index in [0.29, 0.717) is 29.3 Å². The zero-order valence-electron chi connectivity index (χ0n) is 17.8. The van der Waals surface area contributed by atoms with Crippen molar-refractivity contribution in [2.45, 2.75) is 70.3 Å². The Kier molecular flexibility index (Phi) is 7.83. The summed E-state index contributed by atoms with van der Waals surface area (Å²) in [6.45, 7) is 10.2. The standard InChI is InChI=1S/C22H29ClN4O2S/c1-5-10-27-21(16(4)29-18-11-14(2)20(23)15(3)12-18)25-26-22(27)30-13-19(28)24-17-8-6-7-9-17/h5,11-12,16-17H,1,6-10,13H2,2-4H3,(H,24,28). The molecule has 30 heavy (non-hydrogen) atoms. The molecule has 1 atom stereocenters. The van der Waals surface area contributed by atoms with E-state index in [0.717, 1.165) is 34.7 Å². The van der Waals surface area contributed by atoms with E-state index in [9.17, 15) is 4.79 Å². The molecule has 1 aromatic carbocycles. The number of allylic oxidation sites excluding steroid dienone is 1. The minimum Gasteiger partial charge on any atom is -0.483 e. The monoisotopic (exact) mass is 448 g/mol. The van der Waals surface area contributed by atoms with Crippen molar-refractivity contribution in [3.63, 3.8) is 0 Å². The molecule has 0 radical (unpaired) electrons. The Bertz CT molecular complexity index is 886. The van der Waals surface area contributed by atoms with Gasteiger partial charge in [-0.2, -0.15) is 0 Å². The van der Waals surface area contributed by atoms with Crippen LogP contribution in [-0.2, 0) is 11.3 Å². The zero-order valence-corrected chi connectivity index (χ0v) is 19.4. The molecule has 1 amide bonds. The van der Waals surface area contributed by atoms with Gasteiger partial charge in [0.05, 0.1) is 5.75 Å². The van der Waals surface area contributed by atoms with Crippen molar-refractivity contribution < 1.29 is 9.53 Å². The van der Waals surface area contributed by atoms with Crippen molar-refractivity contribution in [1.29, 1.82) is 0 Å². The van der Waals surface area contributed by atoms with E-state index in [-0.39, 0.29) is 12.0 Å². The lowest BCUT2D eigenvalue weighted by Gasteiger charge is -2.17. The molecule has 1 saturated carbocycles. The van der Waals surface area contributed by atoms with Crippen LogP contribution in [0.3, 0.4) is 0 Å². The van der Waals surface area contributed by atoms with Crippen LogP contribution in [0.25, 0.3) is 0 Å². The highest BCUT2D eigenvalue weighted by atomic mass is 35.5. The second kappa shape index (κ2) is 10.4. The van der Waals surface area contributed by atoms with Crippen LogP contribution < -0.4 is 10.1 Å². The maximum atomic E-state index is 12.3. The van der Waals surface area contributed by atoms with Crippen molar-refractivity contribution >= 4 is 29.3 Å². The van der Waals surface area contributed by atoms with Crippen LogP contribution in [0.15, 0.2) is 29.9 Å². The second-order valence-electron chi connectivity index (χ2n) is 7.71. The lowest BCUT2D eigenvalue weighted by Crippen LogP contribution is -2.33. The van der Waals surface area contributed by atoms with Crippen molar-refractivity contribution in [2.75, 3.05) is 5.75 Å². The van der Waals surface area contributed by atoms with Gasteiger partial charge in [0.1, 0.15) is 5.75 Å². The number of aromatic nitrogens is 3. The molecule has 0 saturated heterocycles. The highest BCUT2D eigenvalue weighted by molar-refractivity contribution is 7.99. The average Bonchev–Trinajstić information content (AvgIpc) is 3.34. The number of carbonyl (C=O) groups is 1. The minimum absolute atomic E-state index is 0.0398. The molecule has 0 bridgehead atoms. The van der Waals surface area contributed by atoms with Gasteiger partial charge in [0.15, 0.2) is 17.1 Å². The number of benzene rings is 1. The van der Waals surface area contributed by atoms with Gasteiger partial charge in [0.2, 0.25) is 5.91 Å². The number of hydrogen-bond acceptors (Lipinski definition) is 5. The fourth-order valence-electron chi connectivity index (χ4n) is 3.71. The van der Waals surface area contributed by atoms with E-state index in [2.05, 4.69) is 22.1 Å². The van der Waals surface area contributed by atoms with Crippen molar-refractivity contribution in [1.82, 2.24) is 20.1 Å². The van der Waals surface area contributed by atoms with Gasteiger partial charge in [0.25, 0.3) is 0 Å². The molecule has 2 aromatic rings. The molecule has 1 aromatic heterocycles. The summed E-state index contributed by atoms with van der Waals surface area (Å²) < 4.78 is 8.07. The third-order valence-electron chi connectivity index (χ3n) is 5.20. The maximum Gasteiger partial charge on any atom is 0.230 e. The van der Waals surface area contributed by atoms with Gasteiger partial charge in [-0.3, -0.25) is 9.36 Å². The average molecular weight is 449 g/mol. The van der Waals surface area contributed by atoms with Crippen molar-refractivity contribution in [2.24, 2.45) is 0 Å². The number of nitrogens with zero attached hydrogens (tertiary/aromatic N) is 3. The lowest BCUT2D eigenvalue weighted by atomic mass is 10.1. The van der Waals surface area contributed by atoms with Gasteiger partial charge in [-0.25, -0.2) is 0 Å². The molecule has 0 spiro atoms. The highest BCUT2D eigenvalue weighted by Crippen LogP contribution is 2.30. The number of aryl methyl sites for hydroxylation is 2. The van der Waals surface area contributed by atoms with Crippen LogP contribution in [-0.4, -0.2) is 32.5 Å². The van der Waals surface area contributed by atoms with Gasteiger partial charge in [-0.15, -0.1) is 16.8 Å². The number of thioether (sulfide) groups is 1. The Morgan fingerprint density at radius 2 is 2.03 bits per heavy atom. The third kappa shape index (κ3) is 5.58. The molecular weight excluding hydrogens is 420 g/mol. The SMILES string of the molecule is C=CCn1c(SCC(=O)NC2CCCC2)nnc1C(C)Oc1cc(C)c(Cl)c(C)c1. The topological polar surface area (TPSA) is 69.0 Å². The molecule has 1 aliphatic rings. The lowest BCUT2D eigenvalue weighted by molar-refractivity contribution is -0.119. The fourth-order valence-corrected chi connectivity index (χ4v) is 4.58. The van der Waals surface area contributed by atoms with Crippen LogP contribution in [0.4, 0.5) is 0 Å². The predicted molar refractivity (Wildman–Crippen MR) is 121 cm³/mol. The Morgan fingerprint density at radius 3 is 2.67 bits per heavy atom. The van der Waals surface area contributed by atoms with E-state index in [1.807, 2.05) is 37.5 Å². The van der Waals surface area contributed by atoms with Gasteiger partial charge in [-0.1, -0.05) is 42.3 Å². The van der Waals surface area contributed by atoms with Crippen LogP contribution in [0.5, 0.6) is 5.75 Å². The van der Waals surface area contributed by atoms with Gasteiger partial charge in [-0.05, 0) is 56.9 Å². The number of nitrogens with one attached hydrogen (secondary N) is 1. The van der Waals surface area contributed by atoms with E-state index < -0.39 is 0 Å². The number of carbonyl (C=O) groups excluding carboxylic acids is 1. The van der Waals surface area contributed by atoms with Gasteiger partial charge >= 0.3 is 0 Å². The largest absolute Gasteiger partial charge is 0.483 e. The molecule has 3 rings (SSSR count). The number of ether oxygens (including phenoxy) is 1. The van der Waals surface area contributed by atoms with Crippen molar-refractivity contribution in [3.05, 3.63) is 46.8 Å². The first-order valence-electron chi connectivity index (χ1n) is 10.3. The Labute approximate surface area is 187 Å². The van der Waals surface area contributed by atoms with Crippen LogP contribution in [0.1, 0.15) is 55.7 Å². The first-order chi connectivity index (χ1) is 14.4. The Balaban J connectivity index is 1.68. The molecule has 1 unspecified atom stereocenters. The summed E-state index contributed by atoms with van der Waals surface area (Å²) in [5, 5.41) is 13.2. The molecule has 6 nitrogen and oxygen atoms in total. The summed E-state index contributed by atoms with van der Waals surface area (Å²) in [6.07, 6.45) is 6.01. The van der Waals surface area contributed by atoms with Gasteiger partial charge in [0, 0.05) is 17.6 Å². The molecule has 1 fully saturated rings. The Hall–Kier alpha value is -1.99. The van der Waals surface area contributed by atoms with Gasteiger partial charge < -0.3 is 10.1 Å². The maximum absolute atomic E-state index is 12.3. The van der Waals surface area contributed by atoms with E-state index in [4.69, 9.17) is 16.3 Å². The van der Waals surface area contributed by atoms with Crippen LogP contribution in [0.2, 0.25) is 5.02 Å². The fraction of sp³-hybridized carbons (Fsp3) is 0.500. The summed E-state index contributed by atoms with van der Waals surface area (Å²) in [6, 6.07) is 4.16. The number of halogens is 1. The summed E-state index contributed by atoms with van der Waals surface area (Å²) in [5.74, 6) is 1.79. The normalized spacial score (nSPS) is 15.2. The molecule has 162 valence electrons. The smallest absolute Gasteiger partial charge is 0.230 e. The molecule has 1 N–H and O–H groups in total. The molecule has 0 aliphatic heterocycles. The van der Waals surface area contributed by atoms with E-state index >= 15 is 0 Å². The molecule has 1 aliphatic carbocycles. The minimum atomic E-state index is -0.320. The highest BCUT2D eigenvalue weighted by Gasteiger charge is 2.21. The summed E-state index contributed by atoms with van der Waals surface area (Å²) in [4.78, 5) is 12.3. The van der Waals surface area contributed by atoms with Crippen molar-refractivity contribution in [3.8, 4) is 5.75 Å². The first-order valence-corrected chi connectivity index (χ1v) is 11.6. The van der Waals surface area contributed by atoms with E-state index in [1.165, 1.54) is 24.6 Å². The molecule has 1 heterocycles. The second-order valence-corrected chi connectivity index (χ2v) is 9.03. The van der Waals surface area contributed by atoms with Crippen LogP contribution in [0, 0.1) is 13.8 Å². The zero-order chi connectivity index (χ0) is 21.7. The summed E-state index contributed by atoms with van der Waals surface area (Å²) >= 11 is 7.64. The number of rotatable bonds is 9. The summed E-state index contributed by atoms with van der Waals surface area (Å²) in [7, 11) is 0. The molecular formula is C22H29ClN4O2S. The van der Waals surface area contributed by atoms with E-state index in [1.54, 1.807) is 6.08 Å². The number of hydrogen-bond donors (Lipinski definition) is 1. The van der Waals surface area contributed by atoms with Crippen LogP contribution >= 0.6 is 23.4 Å². The number of amides is 1.